The predicted molar refractivity (Wildman–Crippen MR) is 193 cm³/mol. The minimum absolute atomic E-state index is 0. The van der Waals surface area contributed by atoms with Gasteiger partial charge < -0.3 is 2.85 Å². The van der Waals surface area contributed by atoms with Gasteiger partial charge in [-0.3, -0.25) is 0 Å². The van der Waals surface area contributed by atoms with Crippen LogP contribution in [0.5, 0.6) is 0 Å². The first kappa shape index (κ1) is 33.1. The third-order valence-electron chi connectivity index (χ3n) is 9.99. The van der Waals surface area contributed by atoms with Gasteiger partial charge in [-0.05, 0) is 58.4 Å². The van der Waals surface area contributed by atoms with Crippen molar-refractivity contribution in [2.24, 2.45) is 0 Å². The summed E-state index contributed by atoms with van der Waals surface area (Å²) in [7, 11) is 0.588. The largest absolute Gasteiger partial charge is 1.00 e. The van der Waals surface area contributed by atoms with Crippen LogP contribution in [-0.4, -0.2) is 9.52 Å². The van der Waals surface area contributed by atoms with Crippen LogP contribution in [0.1, 0.15) is 61.2 Å². The molecule has 218 valence electrons. The summed E-state index contributed by atoms with van der Waals surface area (Å²) in [6.07, 6.45) is 4.73. The second kappa shape index (κ2) is 13.4. The van der Waals surface area contributed by atoms with Gasteiger partial charge in [-0.2, -0.15) is 0 Å². The van der Waals surface area contributed by atoms with Crippen LogP contribution < -0.4 is 48.1 Å². The van der Waals surface area contributed by atoms with Crippen LogP contribution in [0.25, 0.3) is 12.2 Å². The molecule has 2 radical (unpaired) electrons. The average Bonchev–Trinajstić information content (AvgIpc) is 3.57. The summed E-state index contributed by atoms with van der Waals surface area (Å²) in [6, 6.07) is 58.5. The maximum absolute atomic E-state index is 2.36. The van der Waals surface area contributed by atoms with E-state index in [1.165, 1.54) is 66.0 Å². The van der Waals surface area contributed by atoms with Crippen molar-refractivity contribution < 1.29 is 40.6 Å². The van der Waals surface area contributed by atoms with Gasteiger partial charge >= 0.3 is 37.7 Å². The van der Waals surface area contributed by atoms with E-state index in [0.717, 1.165) is 0 Å². The van der Waals surface area contributed by atoms with Gasteiger partial charge in [0, 0.05) is 0 Å². The van der Waals surface area contributed by atoms with E-state index in [-0.39, 0.29) is 51.4 Å². The summed E-state index contributed by atoms with van der Waals surface area (Å²) in [6.45, 7) is 4.57. The van der Waals surface area contributed by atoms with Gasteiger partial charge in [-0.25, -0.2) is 0 Å². The van der Waals surface area contributed by atoms with Crippen LogP contribution >= 0.6 is 0 Å². The van der Waals surface area contributed by atoms with Crippen molar-refractivity contribution in [2.45, 2.75) is 24.7 Å². The van der Waals surface area contributed by atoms with E-state index >= 15 is 0 Å². The quantitative estimate of drug-likeness (QED) is 0.256. The second-order valence-electron chi connectivity index (χ2n) is 12.3. The SMILES string of the molecule is CC1=Cc2ccccc2C1(c1ccccc1)c1ccc([Si]c2ccc(C3(c4ccccc4)C(C)=Cc4ccccc43)cc2)cc1.[H-].[H-].[Li+].[Li+]. The van der Waals surface area contributed by atoms with E-state index in [0.29, 0.717) is 9.52 Å². The van der Waals surface area contributed by atoms with Crippen LogP contribution in [-0.2, 0) is 10.8 Å². The smallest absolute Gasteiger partial charge is 1.00 e. The monoisotopic (exact) mass is 606 g/mol. The Morgan fingerprint density at radius 2 is 0.702 bits per heavy atom. The fourth-order valence-electron chi connectivity index (χ4n) is 8.05. The van der Waals surface area contributed by atoms with Crippen molar-refractivity contribution in [2.75, 3.05) is 0 Å². The number of allylic oxidation sites excluding steroid dienone is 2. The summed E-state index contributed by atoms with van der Waals surface area (Å²) >= 11 is 0. The topological polar surface area (TPSA) is 0 Å². The maximum Gasteiger partial charge on any atom is 1.00 e. The van der Waals surface area contributed by atoms with Gasteiger partial charge in [0.05, 0.1) is 10.8 Å². The average molecular weight is 607 g/mol. The normalized spacial score (nSPS) is 19.0. The summed E-state index contributed by atoms with van der Waals surface area (Å²) < 4.78 is 0. The molecule has 2 aliphatic rings. The molecule has 47 heavy (non-hydrogen) atoms. The fraction of sp³-hybridized carbons (Fsp3) is 0.0909. The van der Waals surface area contributed by atoms with E-state index < -0.39 is 0 Å². The van der Waals surface area contributed by atoms with E-state index in [9.17, 15) is 0 Å². The molecule has 0 aliphatic heterocycles. The Morgan fingerprint density at radius 1 is 0.383 bits per heavy atom. The van der Waals surface area contributed by atoms with Crippen molar-refractivity contribution in [3.63, 3.8) is 0 Å². The van der Waals surface area contributed by atoms with Gasteiger partial charge in [0.15, 0.2) is 0 Å². The number of fused-ring (bicyclic) bond motifs is 2. The van der Waals surface area contributed by atoms with Crippen LogP contribution in [0.2, 0.25) is 0 Å². The first-order valence-electron chi connectivity index (χ1n) is 15.8. The molecule has 0 amide bonds. The minimum atomic E-state index is -0.268. The first-order chi connectivity index (χ1) is 22.1. The molecule has 0 saturated heterocycles. The zero-order chi connectivity index (χ0) is 30.4. The zero-order valence-electron chi connectivity index (χ0n) is 29.7. The molecule has 0 fully saturated rings. The summed E-state index contributed by atoms with van der Waals surface area (Å²) in [5.41, 5.74) is 12.8. The molecule has 0 spiro atoms. The molecule has 0 heterocycles. The molecule has 0 N–H and O–H groups in total. The molecule has 2 aliphatic carbocycles. The summed E-state index contributed by atoms with van der Waals surface area (Å²) in [5.74, 6) is 0. The summed E-state index contributed by atoms with van der Waals surface area (Å²) in [5, 5.41) is 2.70. The van der Waals surface area contributed by atoms with Crippen molar-refractivity contribution in [3.8, 4) is 0 Å². The number of rotatable bonds is 6. The third kappa shape index (κ3) is 5.23. The molecule has 0 bridgehead atoms. The van der Waals surface area contributed by atoms with Crippen LogP contribution in [0, 0.1) is 0 Å². The van der Waals surface area contributed by atoms with Crippen molar-refractivity contribution >= 4 is 32.0 Å². The number of benzene rings is 6. The van der Waals surface area contributed by atoms with Gasteiger partial charge in [0.25, 0.3) is 0 Å². The molecule has 2 unspecified atom stereocenters. The standard InChI is InChI=1S/C44H34Si.2Li.2H/c1-31-29-33-13-9-11-19-41(33)43(31,35-15-5-3-6-16-35)37-21-25-39(26-22-37)45-40-27-23-38(24-28-40)44(36-17-7-4-8-18-36)32(2)30-34-14-10-12-20-42(34)44;;;;/h3-30H,1-2H3;;;;/q;2*+1;2*-1. The van der Waals surface area contributed by atoms with Crippen molar-refractivity contribution in [1.29, 1.82) is 0 Å². The second-order valence-corrected chi connectivity index (χ2v) is 13.7. The van der Waals surface area contributed by atoms with Gasteiger partial charge in [-0.15, -0.1) is 0 Å². The molecule has 2 atom stereocenters. The van der Waals surface area contributed by atoms with Gasteiger partial charge in [0.2, 0.25) is 0 Å². The molecule has 0 nitrogen and oxygen atoms in total. The zero-order valence-corrected chi connectivity index (χ0v) is 28.7. The molecule has 0 aromatic heterocycles. The van der Waals surface area contributed by atoms with Gasteiger partial charge in [0.1, 0.15) is 9.52 Å². The van der Waals surface area contributed by atoms with Crippen molar-refractivity contribution in [1.82, 2.24) is 0 Å². The number of hydrogen-bond acceptors (Lipinski definition) is 0. The molecule has 6 aromatic carbocycles. The molecule has 3 heteroatoms. The summed E-state index contributed by atoms with van der Waals surface area (Å²) in [4.78, 5) is 0. The van der Waals surface area contributed by atoms with Crippen LogP contribution in [0.3, 0.4) is 0 Å². The first-order valence-corrected chi connectivity index (χ1v) is 16.8. The molecular formula is C44H36Li2Si. The molecule has 0 saturated carbocycles. The Kier molecular flexibility index (Phi) is 9.43. The maximum atomic E-state index is 2.36. The Bertz CT molecular complexity index is 1940. The van der Waals surface area contributed by atoms with E-state index in [2.05, 4.69) is 184 Å². The van der Waals surface area contributed by atoms with Crippen molar-refractivity contribution in [3.05, 3.63) is 213 Å². The molecule has 6 aromatic rings. The number of hydrogen-bond donors (Lipinski definition) is 0. The Balaban J connectivity index is 0.00000135. The fourth-order valence-corrected chi connectivity index (χ4v) is 9.05. The Hall–Kier alpha value is -3.79. The minimum Gasteiger partial charge on any atom is -1.00 e. The van der Waals surface area contributed by atoms with E-state index in [1.54, 1.807) is 0 Å². The molecular weight excluding hydrogens is 570 g/mol. The molecule has 8 rings (SSSR count). The third-order valence-corrected chi connectivity index (χ3v) is 11.2. The van der Waals surface area contributed by atoms with E-state index in [4.69, 9.17) is 0 Å². The van der Waals surface area contributed by atoms with E-state index in [1.807, 2.05) is 0 Å². The Labute approximate surface area is 308 Å². The van der Waals surface area contributed by atoms with Crippen LogP contribution in [0.15, 0.2) is 169 Å². The van der Waals surface area contributed by atoms with Crippen LogP contribution in [0.4, 0.5) is 0 Å². The predicted octanol–water partition coefficient (Wildman–Crippen LogP) is 3.08. The van der Waals surface area contributed by atoms with Gasteiger partial charge in [-0.1, -0.05) is 191 Å². The Morgan fingerprint density at radius 3 is 1.09 bits per heavy atom.